The molecule has 112 valence electrons. The van der Waals surface area contributed by atoms with Gasteiger partial charge in [0.1, 0.15) is 11.8 Å². The standard InChI is InChI=1S/C14H16N2O5/c15-12(17)4-2-10(14(19)20)16-13(18)9-1-3-11-8(7-9)5-6-21-11/h1,3,7,10H,2,4-6H2,(H2,15,17)(H,16,18)(H,19,20)/t10-/m0/s1. The van der Waals surface area contributed by atoms with Gasteiger partial charge in [0.25, 0.3) is 5.91 Å². The lowest BCUT2D eigenvalue weighted by Gasteiger charge is -2.14. The van der Waals surface area contributed by atoms with Crippen LogP contribution in [0.3, 0.4) is 0 Å². The highest BCUT2D eigenvalue weighted by Gasteiger charge is 2.22. The Bertz CT molecular complexity index is 585. The van der Waals surface area contributed by atoms with E-state index in [1.54, 1.807) is 18.2 Å². The normalized spacial score (nSPS) is 13.9. The number of ether oxygens (including phenoxy) is 1. The van der Waals surface area contributed by atoms with Gasteiger partial charge in [0, 0.05) is 18.4 Å². The molecule has 1 aliphatic rings. The Morgan fingerprint density at radius 3 is 2.81 bits per heavy atom. The average molecular weight is 292 g/mol. The molecule has 0 bridgehead atoms. The van der Waals surface area contributed by atoms with Crippen molar-refractivity contribution in [3.05, 3.63) is 29.3 Å². The van der Waals surface area contributed by atoms with Crippen molar-refractivity contribution in [3.63, 3.8) is 0 Å². The van der Waals surface area contributed by atoms with Crippen LogP contribution in [0, 0.1) is 0 Å². The molecule has 0 aromatic heterocycles. The van der Waals surface area contributed by atoms with Gasteiger partial charge in [-0.2, -0.15) is 0 Å². The fourth-order valence-electron chi connectivity index (χ4n) is 2.11. The largest absolute Gasteiger partial charge is 0.493 e. The fourth-order valence-corrected chi connectivity index (χ4v) is 2.11. The number of aliphatic carboxylic acids is 1. The number of primary amides is 1. The quantitative estimate of drug-likeness (QED) is 0.685. The van der Waals surface area contributed by atoms with Crippen molar-refractivity contribution in [3.8, 4) is 5.75 Å². The summed E-state index contributed by atoms with van der Waals surface area (Å²) >= 11 is 0. The summed E-state index contributed by atoms with van der Waals surface area (Å²) in [6, 6.07) is 3.81. The lowest BCUT2D eigenvalue weighted by Crippen LogP contribution is -2.41. The van der Waals surface area contributed by atoms with Gasteiger partial charge in [-0.05, 0) is 30.2 Å². The lowest BCUT2D eigenvalue weighted by atomic mass is 10.1. The van der Waals surface area contributed by atoms with Crippen molar-refractivity contribution in [2.45, 2.75) is 25.3 Å². The summed E-state index contributed by atoms with van der Waals surface area (Å²) in [6.45, 7) is 0.580. The molecule has 2 rings (SSSR count). The fraction of sp³-hybridized carbons (Fsp3) is 0.357. The van der Waals surface area contributed by atoms with Crippen LogP contribution in [0.25, 0.3) is 0 Å². The van der Waals surface area contributed by atoms with Crippen LogP contribution in [0.5, 0.6) is 5.75 Å². The highest BCUT2D eigenvalue weighted by atomic mass is 16.5. The van der Waals surface area contributed by atoms with E-state index in [9.17, 15) is 14.4 Å². The average Bonchev–Trinajstić information content (AvgIpc) is 2.89. The second-order valence-electron chi connectivity index (χ2n) is 4.79. The van der Waals surface area contributed by atoms with Crippen LogP contribution < -0.4 is 15.8 Å². The summed E-state index contributed by atoms with van der Waals surface area (Å²) in [5.41, 5.74) is 6.27. The predicted molar refractivity (Wildman–Crippen MR) is 73.0 cm³/mol. The minimum absolute atomic E-state index is 0.0372. The number of benzene rings is 1. The Labute approximate surface area is 121 Å². The van der Waals surface area contributed by atoms with Crippen molar-refractivity contribution in [1.29, 1.82) is 0 Å². The number of carbonyl (C=O) groups is 3. The molecule has 7 nitrogen and oxygen atoms in total. The Hall–Kier alpha value is -2.57. The van der Waals surface area contributed by atoms with Crippen LogP contribution in [0.2, 0.25) is 0 Å². The Morgan fingerprint density at radius 2 is 2.14 bits per heavy atom. The summed E-state index contributed by atoms with van der Waals surface area (Å²) < 4.78 is 5.34. The summed E-state index contributed by atoms with van der Waals surface area (Å²) in [5, 5.41) is 11.4. The molecule has 0 spiro atoms. The summed E-state index contributed by atoms with van der Waals surface area (Å²) in [6.07, 6.45) is 0.584. The zero-order valence-electron chi connectivity index (χ0n) is 11.3. The molecule has 0 fully saturated rings. The van der Waals surface area contributed by atoms with E-state index in [1.807, 2.05) is 0 Å². The number of carboxylic acids is 1. The Kier molecular flexibility index (Phi) is 4.42. The number of carboxylic acid groups (broad SMARTS) is 1. The highest BCUT2D eigenvalue weighted by Crippen LogP contribution is 2.25. The van der Waals surface area contributed by atoms with Gasteiger partial charge < -0.3 is 20.9 Å². The van der Waals surface area contributed by atoms with E-state index >= 15 is 0 Å². The topological polar surface area (TPSA) is 119 Å². The van der Waals surface area contributed by atoms with Gasteiger partial charge in [0.15, 0.2) is 0 Å². The minimum Gasteiger partial charge on any atom is -0.493 e. The highest BCUT2D eigenvalue weighted by molar-refractivity contribution is 5.97. The Balaban J connectivity index is 2.04. The molecule has 1 atom stereocenters. The van der Waals surface area contributed by atoms with Gasteiger partial charge in [-0.3, -0.25) is 9.59 Å². The number of hydrogen-bond acceptors (Lipinski definition) is 4. The molecule has 4 N–H and O–H groups in total. The molecule has 0 saturated carbocycles. The Morgan fingerprint density at radius 1 is 1.38 bits per heavy atom. The molecule has 21 heavy (non-hydrogen) atoms. The molecule has 2 amide bonds. The van der Waals surface area contributed by atoms with Gasteiger partial charge in [-0.1, -0.05) is 0 Å². The minimum atomic E-state index is -1.20. The number of rotatable bonds is 6. The van der Waals surface area contributed by atoms with Gasteiger partial charge in [0.2, 0.25) is 5.91 Å². The van der Waals surface area contributed by atoms with Gasteiger partial charge in [0.05, 0.1) is 6.61 Å². The van der Waals surface area contributed by atoms with E-state index < -0.39 is 23.8 Å². The molecule has 1 aromatic rings. The molecule has 1 heterocycles. The number of hydrogen-bond donors (Lipinski definition) is 3. The second-order valence-corrected chi connectivity index (χ2v) is 4.79. The van der Waals surface area contributed by atoms with Crippen molar-refractivity contribution >= 4 is 17.8 Å². The van der Waals surface area contributed by atoms with Crippen molar-refractivity contribution in [2.24, 2.45) is 5.73 Å². The maximum absolute atomic E-state index is 12.1. The monoisotopic (exact) mass is 292 g/mol. The summed E-state index contributed by atoms with van der Waals surface area (Å²) in [5.74, 6) is -1.56. The van der Waals surface area contributed by atoms with Crippen molar-refractivity contribution in [2.75, 3.05) is 6.61 Å². The third-order valence-electron chi connectivity index (χ3n) is 3.23. The van der Waals surface area contributed by atoms with Crippen LogP contribution in [-0.2, 0) is 16.0 Å². The van der Waals surface area contributed by atoms with Gasteiger partial charge >= 0.3 is 5.97 Å². The predicted octanol–water partition coefficient (Wildman–Crippen LogP) is 0.0700. The van der Waals surface area contributed by atoms with E-state index in [2.05, 4.69) is 5.32 Å². The van der Waals surface area contributed by atoms with Gasteiger partial charge in [-0.15, -0.1) is 0 Å². The first-order chi connectivity index (χ1) is 9.97. The molecular weight excluding hydrogens is 276 g/mol. The number of carbonyl (C=O) groups excluding carboxylic acids is 2. The molecule has 0 saturated heterocycles. The van der Waals surface area contributed by atoms with Crippen LogP contribution in [0.4, 0.5) is 0 Å². The third-order valence-corrected chi connectivity index (χ3v) is 3.23. The van der Waals surface area contributed by atoms with E-state index in [0.717, 1.165) is 17.7 Å². The van der Waals surface area contributed by atoms with E-state index in [-0.39, 0.29) is 12.8 Å². The molecule has 0 unspecified atom stereocenters. The molecular formula is C14H16N2O5. The number of nitrogens with two attached hydrogens (primary N) is 1. The van der Waals surface area contributed by atoms with Crippen LogP contribution in [0.15, 0.2) is 18.2 Å². The lowest BCUT2D eigenvalue weighted by molar-refractivity contribution is -0.139. The second kappa shape index (κ2) is 6.25. The molecule has 7 heteroatoms. The third kappa shape index (κ3) is 3.71. The number of nitrogens with one attached hydrogen (secondary N) is 1. The summed E-state index contributed by atoms with van der Waals surface area (Å²) in [7, 11) is 0. The van der Waals surface area contributed by atoms with E-state index in [0.29, 0.717) is 12.2 Å². The van der Waals surface area contributed by atoms with E-state index in [4.69, 9.17) is 15.6 Å². The maximum atomic E-state index is 12.1. The summed E-state index contributed by atoms with van der Waals surface area (Å²) in [4.78, 5) is 33.9. The van der Waals surface area contributed by atoms with Crippen molar-refractivity contribution in [1.82, 2.24) is 5.32 Å². The van der Waals surface area contributed by atoms with Crippen molar-refractivity contribution < 1.29 is 24.2 Å². The number of fused-ring (bicyclic) bond motifs is 1. The molecule has 0 radical (unpaired) electrons. The maximum Gasteiger partial charge on any atom is 0.326 e. The first kappa shape index (κ1) is 14.8. The number of amides is 2. The van der Waals surface area contributed by atoms with Crippen LogP contribution in [-0.4, -0.2) is 35.5 Å². The first-order valence-corrected chi connectivity index (χ1v) is 6.55. The smallest absolute Gasteiger partial charge is 0.326 e. The first-order valence-electron chi connectivity index (χ1n) is 6.55. The SMILES string of the molecule is NC(=O)CC[C@H](NC(=O)c1ccc2c(c1)CCO2)C(=O)O. The van der Waals surface area contributed by atoms with Crippen LogP contribution >= 0.6 is 0 Å². The van der Waals surface area contributed by atoms with Crippen LogP contribution in [0.1, 0.15) is 28.8 Å². The molecule has 1 aliphatic heterocycles. The zero-order chi connectivity index (χ0) is 15.4. The van der Waals surface area contributed by atoms with E-state index in [1.165, 1.54) is 0 Å². The molecule has 1 aromatic carbocycles. The molecule has 0 aliphatic carbocycles. The van der Waals surface area contributed by atoms with Gasteiger partial charge in [-0.25, -0.2) is 4.79 Å². The zero-order valence-corrected chi connectivity index (χ0v) is 11.3.